The Morgan fingerprint density at radius 2 is 1.83 bits per heavy atom. The molecule has 2 aliphatic heterocycles. The van der Waals surface area contributed by atoms with Gasteiger partial charge in [0.15, 0.2) is 0 Å². The van der Waals surface area contributed by atoms with Crippen LogP contribution in [0.5, 0.6) is 5.75 Å². The van der Waals surface area contributed by atoms with Crippen LogP contribution in [-0.4, -0.2) is 27.6 Å². The Bertz CT molecular complexity index is 843. The van der Waals surface area contributed by atoms with Gasteiger partial charge in [-0.05, 0) is 50.2 Å². The lowest BCUT2D eigenvalue weighted by atomic mass is 9.90. The van der Waals surface area contributed by atoms with E-state index in [1.807, 2.05) is 19.1 Å². The second kappa shape index (κ2) is 5.35. The molecule has 2 aliphatic rings. The predicted octanol–water partition coefficient (Wildman–Crippen LogP) is 2.67. The van der Waals surface area contributed by atoms with Gasteiger partial charge in [-0.2, -0.15) is 0 Å². The molecule has 4 nitrogen and oxygen atoms in total. The van der Waals surface area contributed by atoms with Gasteiger partial charge in [-0.1, -0.05) is 17.7 Å². The first-order valence-corrected chi connectivity index (χ1v) is 9.37. The molecule has 2 atom stereocenters. The van der Waals surface area contributed by atoms with Gasteiger partial charge in [-0.25, -0.2) is 8.42 Å². The smallest absolute Gasteiger partial charge is 0.206 e. The first-order chi connectivity index (χ1) is 11.1. The van der Waals surface area contributed by atoms with Crippen LogP contribution >= 0.6 is 0 Å². The van der Waals surface area contributed by atoms with Crippen LogP contribution in [0.15, 0.2) is 52.3 Å². The Balaban J connectivity index is 1.75. The number of hydrogen-bond donors (Lipinski definition) is 1. The van der Waals surface area contributed by atoms with E-state index >= 15 is 0 Å². The molecule has 0 aliphatic carbocycles. The van der Waals surface area contributed by atoms with E-state index in [1.54, 1.807) is 30.3 Å². The van der Waals surface area contributed by atoms with E-state index in [2.05, 4.69) is 5.32 Å². The highest BCUT2D eigenvalue weighted by Crippen LogP contribution is 2.42. The van der Waals surface area contributed by atoms with E-state index in [0.29, 0.717) is 15.7 Å². The third kappa shape index (κ3) is 2.44. The van der Waals surface area contributed by atoms with E-state index < -0.39 is 9.84 Å². The highest BCUT2D eigenvalue weighted by atomic mass is 32.2. The first kappa shape index (κ1) is 14.7. The molecule has 2 aromatic rings. The van der Waals surface area contributed by atoms with Gasteiger partial charge in [-0.15, -0.1) is 0 Å². The summed E-state index contributed by atoms with van der Waals surface area (Å²) in [7, 11) is -3.49. The van der Waals surface area contributed by atoms with Crippen molar-refractivity contribution < 1.29 is 13.2 Å². The summed E-state index contributed by atoms with van der Waals surface area (Å²) < 4.78 is 31.6. The standard InChI is InChI=1S/C18H19NO3S/c1-12-2-4-13(5-3-12)23(20,21)14-6-7-17-16(10-14)15-8-9-19-11-18(15)22-17/h2-7,10,15,18-19H,8-9,11H2,1H3. The quantitative estimate of drug-likeness (QED) is 0.920. The predicted molar refractivity (Wildman–Crippen MR) is 87.7 cm³/mol. The van der Waals surface area contributed by atoms with Gasteiger partial charge < -0.3 is 10.1 Å². The molecule has 0 amide bonds. The average Bonchev–Trinajstić information content (AvgIpc) is 2.93. The van der Waals surface area contributed by atoms with Crippen LogP contribution < -0.4 is 10.1 Å². The largest absolute Gasteiger partial charge is 0.488 e. The van der Waals surface area contributed by atoms with Crippen molar-refractivity contribution in [3.8, 4) is 5.75 Å². The third-order valence-electron chi connectivity index (χ3n) is 4.73. The molecule has 4 rings (SSSR count). The summed E-state index contributed by atoms with van der Waals surface area (Å²) in [5.41, 5.74) is 2.08. The van der Waals surface area contributed by atoms with Crippen LogP contribution in [-0.2, 0) is 9.84 Å². The van der Waals surface area contributed by atoms with E-state index in [1.165, 1.54) is 0 Å². The summed E-state index contributed by atoms with van der Waals surface area (Å²) in [5.74, 6) is 1.12. The fraction of sp³-hybridized carbons (Fsp3) is 0.333. The highest BCUT2D eigenvalue weighted by molar-refractivity contribution is 7.91. The van der Waals surface area contributed by atoms with Gasteiger partial charge in [0.1, 0.15) is 11.9 Å². The monoisotopic (exact) mass is 329 g/mol. The maximum Gasteiger partial charge on any atom is 0.206 e. The molecular formula is C18H19NO3S. The van der Waals surface area contributed by atoms with Crippen LogP contribution in [0.1, 0.15) is 23.5 Å². The number of fused-ring (bicyclic) bond motifs is 3. The maximum absolute atomic E-state index is 12.9. The Morgan fingerprint density at radius 1 is 1.09 bits per heavy atom. The minimum atomic E-state index is -3.49. The lowest BCUT2D eigenvalue weighted by molar-refractivity contribution is 0.177. The number of hydrogen-bond acceptors (Lipinski definition) is 4. The minimum absolute atomic E-state index is 0.121. The molecule has 1 fully saturated rings. The summed E-state index contributed by atoms with van der Waals surface area (Å²) >= 11 is 0. The van der Waals surface area contributed by atoms with Crippen LogP contribution in [0.4, 0.5) is 0 Å². The zero-order valence-electron chi connectivity index (χ0n) is 13.0. The van der Waals surface area contributed by atoms with Crippen LogP contribution in [0.25, 0.3) is 0 Å². The molecule has 5 heteroatoms. The van der Waals surface area contributed by atoms with Gasteiger partial charge in [0.25, 0.3) is 0 Å². The summed E-state index contributed by atoms with van der Waals surface area (Å²) in [6.45, 7) is 3.71. The Morgan fingerprint density at radius 3 is 2.61 bits per heavy atom. The van der Waals surface area contributed by atoms with E-state index in [4.69, 9.17) is 4.74 Å². The van der Waals surface area contributed by atoms with Crippen molar-refractivity contribution in [2.75, 3.05) is 13.1 Å². The number of benzene rings is 2. The molecule has 120 valence electrons. The average molecular weight is 329 g/mol. The van der Waals surface area contributed by atoms with Crippen molar-refractivity contribution >= 4 is 9.84 Å². The zero-order valence-corrected chi connectivity index (χ0v) is 13.8. The number of ether oxygens (including phenoxy) is 1. The second-order valence-electron chi connectivity index (χ2n) is 6.27. The van der Waals surface area contributed by atoms with Crippen molar-refractivity contribution in [3.05, 3.63) is 53.6 Å². The van der Waals surface area contributed by atoms with Crippen molar-refractivity contribution in [1.82, 2.24) is 5.32 Å². The Hall–Kier alpha value is -1.85. The number of nitrogens with one attached hydrogen (secondary N) is 1. The van der Waals surface area contributed by atoms with Crippen molar-refractivity contribution in [3.63, 3.8) is 0 Å². The summed E-state index contributed by atoms with van der Waals surface area (Å²) in [6, 6.07) is 12.2. The molecule has 2 heterocycles. The fourth-order valence-electron chi connectivity index (χ4n) is 3.42. The van der Waals surface area contributed by atoms with E-state index in [0.717, 1.165) is 36.4 Å². The summed E-state index contributed by atoms with van der Waals surface area (Å²) in [6.07, 6.45) is 1.10. The lowest BCUT2D eigenvalue weighted by Gasteiger charge is -2.24. The van der Waals surface area contributed by atoms with E-state index in [-0.39, 0.29) is 6.10 Å². The number of piperidine rings is 1. The van der Waals surface area contributed by atoms with Crippen molar-refractivity contribution in [2.45, 2.75) is 35.2 Å². The molecule has 0 radical (unpaired) electrons. The molecule has 23 heavy (non-hydrogen) atoms. The molecule has 0 aromatic heterocycles. The normalized spacial score (nSPS) is 23.0. The second-order valence-corrected chi connectivity index (χ2v) is 8.22. The molecule has 0 spiro atoms. The highest BCUT2D eigenvalue weighted by Gasteiger charge is 2.37. The van der Waals surface area contributed by atoms with Gasteiger partial charge >= 0.3 is 0 Å². The Labute approximate surface area is 136 Å². The fourth-order valence-corrected chi connectivity index (χ4v) is 4.71. The van der Waals surface area contributed by atoms with Gasteiger partial charge in [-0.3, -0.25) is 0 Å². The summed E-state index contributed by atoms with van der Waals surface area (Å²) in [4.78, 5) is 0.687. The molecule has 0 saturated carbocycles. The number of aryl methyl sites for hydroxylation is 1. The van der Waals surface area contributed by atoms with Gasteiger partial charge in [0.05, 0.1) is 9.79 Å². The molecule has 1 saturated heterocycles. The number of sulfone groups is 1. The molecular weight excluding hydrogens is 310 g/mol. The summed E-state index contributed by atoms with van der Waals surface area (Å²) in [5, 5.41) is 3.32. The molecule has 2 aromatic carbocycles. The van der Waals surface area contributed by atoms with Crippen LogP contribution in [0.2, 0.25) is 0 Å². The van der Waals surface area contributed by atoms with E-state index in [9.17, 15) is 8.42 Å². The minimum Gasteiger partial charge on any atom is -0.488 e. The SMILES string of the molecule is Cc1ccc(S(=O)(=O)c2ccc3c(c2)C2CCNCC2O3)cc1. The molecule has 1 N–H and O–H groups in total. The molecule has 0 bridgehead atoms. The molecule has 2 unspecified atom stereocenters. The maximum atomic E-state index is 12.9. The zero-order chi connectivity index (χ0) is 16.0. The van der Waals surface area contributed by atoms with Crippen molar-refractivity contribution in [2.24, 2.45) is 0 Å². The first-order valence-electron chi connectivity index (χ1n) is 7.89. The van der Waals surface area contributed by atoms with Crippen LogP contribution in [0.3, 0.4) is 0 Å². The topological polar surface area (TPSA) is 55.4 Å². The third-order valence-corrected chi connectivity index (χ3v) is 6.49. The van der Waals surface area contributed by atoms with Crippen molar-refractivity contribution in [1.29, 1.82) is 0 Å². The Kier molecular flexibility index (Phi) is 3.43. The number of rotatable bonds is 2. The van der Waals surface area contributed by atoms with Crippen LogP contribution in [0, 0.1) is 6.92 Å². The van der Waals surface area contributed by atoms with Gasteiger partial charge in [0.2, 0.25) is 9.84 Å². The lowest BCUT2D eigenvalue weighted by Crippen LogP contribution is -2.39. The van der Waals surface area contributed by atoms with Gasteiger partial charge in [0, 0.05) is 18.0 Å².